The van der Waals surface area contributed by atoms with Gasteiger partial charge in [0.05, 0.1) is 13.2 Å². The van der Waals surface area contributed by atoms with Crippen LogP contribution in [0.4, 0.5) is 4.79 Å². The van der Waals surface area contributed by atoms with Crippen LogP contribution in [0.3, 0.4) is 0 Å². The largest absolute Gasteiger partial charge is 0.494 e. The van der Waals surface area contributed by atoms with Crippen LogP contribution in [0.25, 0.3) is 0 Å². The molecule has 1 atom stereocenters. The lowest BCUT2D eigenvalue weighted by Gasteiger charge is -2.21. The summed E-state index contributed by atoms with van der Waals surface area (Å²) in [6.45, 7) is 8.38. The van der Waals surface area contributed by atoms with E-state index in [4.69, 9.17) is 14.6 Å². The Labute approximate surface area is 219 Å². The second-order valence-electron chi connectivity index (χ2n) is 8.73. The summed E-state index contributed by atoms with van der Waals surface area (Å²) in [6.07, 6.45) is 1.60. The van der Waals surface area contributed by atoms with Gasteiger partial charge in [-0.25, -0.2) is 4.79 Å². The maximum Gasteiger partial charge on any atom is 0.407 e. The van der Waals surface area contributed by atoms with Gasteiger partial charge in [0.1, 0.15) is 24.9 Å². The van der Waals surface area contributed by atoms with Gasteiger partial charge in [-0.05, 0) is 37.0 Å². The molecular formula is C28H41N3O6. The molecule has 0 fully saturated rings. The molecule has 2 aromatic rings. The van der Waals surface area contributed by atoms with Crippen LogP contribution in [0.15, 0.2) is 54.6 Å². The topological polar surface area (TPSA) is 126 Å². The van der Waals surface area contributed by atoms with Gasteiger partial charge in [0.15, 0.2) is 0 Å². The van der Waals surface area contributed by atoms with Crippen molar-refractivity contribution in [3.8, 4) is 5.75 Å². The number of ether oxygens (including phenoxy) is 2. The second kappa shape index (κ2) is 18.6. The molecule has 4 N–H and O–H groups in total. The normalized spacial score (nSPS) is 11.0. The Morgan fingerprint density at radius 1 is 0.973 bits per heavy atom. The van der Waals surface area contributed by atoms with Gasteiger partial charge in [-0.2, -0.15) is 0 Å². The number of aryl methyl sites for hydroxylation is 1. The Morgan fingerprint density at radius 3 is 2.24 bits per heavy atom. The number of amides is 3. The van der Waals surface area contributed by atoms with Gasteiger partial charge in [0.25, 0.3) is 0 Å². The molecule has 0 radical (unpaired) electrons. The number of alkyl carbamates (subject to hydrolysis) is 1. The molecule has 9 nitrogen and oxygen atoms in total. The van der Waals surface area contributed by atoms with Gasteiger partial charge in [-0.15, -0.1) is 0 Å². The summed E-state index contributed by atoms with van der Waals surface area (Å²) in [6, 6.07) is 16.6. The van der Waals surface area contributed by atoms with Crippen molar-refractivity contribution in [3.05, 3.63) is 65.7 Å². The molecule has 0 saturated carbocycles. The predicted octanol–water partition coefficient (Wildman–Crippen LogP) is 3.34. The summed E-state index contributed by atoms with van der Waals surface area (Å²) in [5, 5.41) is 16.1. The molecule has 3 amide bonds. The van der Waals surface area contributed by atoms with Gasteiger partial charge in [0, 0.05) is 6.54 Å². The number of rotatable bonds is 13. The van der Waals surface area contributed by atoms with Crippen molar-refractivity contribution in [2.75, 3.05) is 26.3 Å². The van der Waals surface area contributed by atoms with Gasteiger partial charge < -0.3 is 30.5 Å². The minimum absolute atomic E-state index is 0.104. The molecule has 37 heavy (non-hydrogen) atoms. The van der Waals surface area contributed by atoms with Crippen LogP contribution in [0.2, 0.25) is 0 Å². The Morgan fingerprint density at radius 2 is 1.65 bits per heavy atom. The summed E-state index contributed by atoms with van der Waals surface area (Å²) in [5.41, 5.74) is 2.11. The highest BCUT2D eigenvalue weighted by molar-refractivity contribution is 5.89. The van der Waals surface area contributed by atoms with Crippen LogP contribution in [-0.4, -0.2) is 55.4 Å². The molecule has 204 valence electrons. The number of benzene rings is 2. The molecule has 2 rings (SSSR count). The Hall–Kier alpha value is -3.59. The van der Waals surface area contributed by atoms with Crippen LogP contribution in [0.5, 0.6) is 5.75 Å². The zero-order valence-electron chi connectivity index (χ0n) is 22.3. The summed E-state index contributed by atoms with van der Waals surface area (Å²) in [5.74, 6) is -0.0553. The summed E-state index contributed by atoms with van der Waals surface area (Å²) >= 11 is 0. The third-order valence-corrected chi connectivity index (χ3v) is 5.07. The summed E-state index contributed by atoms with van der Waals surface area (Å²) in [4.78, 5) is 35.4. The third-order valence-electron chi connectivity index (χ3n) is 5.07. The fourth-order valence-corrected chi connectivity index (χ4v) is 2.94. The fraction of sp³-hybridized carbons (Fsp3) is 0.464. The van der Waals surface area contributed by atoms with Gasteiger partial charge in [-0.3, -0.25) is 9.59 Å². The van der Waals surface area contributed by atoms with E-state index in [9.17, 15) is 14.4 Å². The van der Waals surface area contributed by atoms with Crippen molar-refractivity contribution in [2.45, 2.75) is 53.2 Å². The van der Waals surface area contributed by atoms with Crippen molar-refractivity contribution < 1.29 is 29.0 Å². The maximum atomic E-state index is 11.9. The Kier molecular flexibility index (Phi) is 15.8. The average Bonchev–Trinajstić information content (AvgIpc) is 2.90. The van der Waals surface area contributed by atoms with Crippen LogP contribution in [0, 0.1) is 12.8 Å². The number of aliphatic hydroxyl groups excluding tert-OH is 1. The monoisotopic (exact) mass is 515 g/mol. The standard InChI is InChI=1S/C17H25N3O5.C11H16O/c1-12(2)15(16(23)18-8-9-21)20-14(22)10-19-17(24)25-11-13-6-4-3-5-7-13;1-3-4-9-12-11-7-5-10(2)6-8-11/h3-7,12,15,21H,8-11H2,1-2H3,(H,18,23)(H,19,24)(H,20,22);5-8H,3-4,9H2,1-2H3. The first-order valence-electron chi connectivity index (χ1n) is 12.6. The third kappa shape index (κ3) is 14.5. The van der Waals surface area contributed by atoms with E-state index in [1.165, 1.54) is 12.0 Å². The smallest absolute Gasteiger partial charge is 0.407 e. The van der Waals surface area contributed by atoms with E-state index >= 15 is 0 Å². The average molecular weight is 516 g/mol. The molecule has 0 heterocycles. The van der Waals surface area contributed by atoms with E-state index < -0.39 is 18.0 Å². The maximum absolute atomic E-state index is 11.9. The molecule has 0 saturated heterocycles. The van der Waals surface area contributed by atoms with Gasteiger partial charge >= 0.3 is 6.09 Å². The van der Waals surface area contributed by atoms with E-state index in [1.807, 2.05) is 42.5 Å². The highest BCUT2D eigenvalue weighted by Gasteiger charge is 2.23. The molecule has 0 aromatic heterocycles. The van der Waals surface area contributed by atoms with E-state index in [1.54, 1.807) is 13.8 Å². The number of carbonyl (C=O) groups is 3. The van der Waals surface area contributed by atoms with Gasteiger partial charge in [-0.1, -0.05) is 75.2 Å². The molecule has 2 aromatic carbocycles. The lowest BCUT2D eigenvalue weighted by Crippen LogP contribution is -2.52. The quantitative estimate of drug-likeness (QED) is 0.303. The first kappa shape index (κ1) is 31.4. The Bertz CT molecular complexity index is 919. The van der Waals surface area contributed by atoms with Crippen LogP contribution >= 0.6 is 0 Å². The molecule has 0 spiro atoms. The predicted molar refractivity (Wildman–Crippen MR) is 143 cm³/mol. The minimum Gasteiger partial charge on any atom is -0.494 e. The highest BCUT2D eigenvalue weighted by Crippen LogP contribution is 2.11. The van der Waals surface area contributed by atoms with E-state index in [2.05, 4.69) is 41.9 Å². The summed E-state index contributed by atoms with van der Waals surface area (Å²) < 4.78 is 10.5. The van der Waals surface area contributed by atoms with Crippen molar-refractivity contribution in [2.24, 2.45) is 5.92 Å². The molecule has 0 aliphatic rings. The van der Waals surface area contributed by atoms with Gasteiger partial charge in [0.2, 0.25) is 11.8 Å². The number of aliphatic hydroxyl groups is 1. The second-order valence-corrected chi connectivity index (χ2v) is 8.73. The lowest BCUT2D eigenvalue weighted by atomic mass is 10.0. The zero-order valence-corrected chi connectivity index (χ0v) is 22.3. The fourth-order valence-electron chi connectivity index (χ4n) is 2.94. The SMILES string of the molecule is CC(C)C(NC(=O)CNC(=O)OCc1ccccc1)C(=O)NCCO.CCCCOc1ccc(C)cc1. The zero-order chi connectivity index (χ0) is 27.5. The molecule has 1 unspecified atom stereocenters. The van der Waals surface area contributed by atoms with Crippen molar-refractivity contribution in [3.63, 3.8) is 0 Å². The van der Waals surface area contributed by atoms with E-state index in [-0.39, 0.29) is 38.1 Å². The van der Waals surface area contributed by atoms with E-state index in [0.29, 0.717) is 0 Å². The molecular weight excluding hydrogens is 474 g/mol. The van der Waals surface area contributed by atoms with Crippen LogP contribution in [0.1, 0.15) is 44.7 Å². The highest BCUT2D eigenvalue weighted by atomic mass is 16.5. The summed E-state index contributed by atoms with van der Waals surface area (Å²) in [7, 11) is 0. The minimum atomic E-state index is -0.749. The van der Waals surface area contributed by atoms with Crippen LogP contribution in [-0.2, 0) is 20.9 Å². The number of carbonyl (C=O) groups excluding carboxylic acids is 3. The number of hydrogen-bond donors (Lipinski definition) is 4. The Balaban J connectivity index is 0.000000474. The van der Waals surface area contributed by atoms with E-state index in [0.717, 1.165) is 24.3 Å². The first-order chi connectivity index (χ1) is 17.8. The number of hydrogen-bond acceptors (Lipinski definition) is 6. The van der Waals surface area contributed by atoms with Crippen molar-refractivity contribution in [1.82, 2.24) is 16.0 Å². The van der Waals surface area contributed by atoms with Crippen LogP contribution < -0.4 is 20.7 Å². The van der Waals surface area contributed by atoms with Crippen molar-refractivity contribution in [1.29, 1.82) is 0 Å². The number of nitrogens with one attached hydrogen (secondary N) is 3. The first-order valence-corrected chi connectivity index (χ1v) is 12.6. The number of unbranched alkanes of at least 4 members (excludes halogenated alkanes) is 1. The van der Waals surface area contributed by atoms with Crippen molar-refractivity contribution >= 4 is 17.9 Å². The lowest BCUT2D eigenvalue weighted by molar-refractivity contribution is -0.129. The molecule has 0 aliphatic heterocycles. The molecule has 0 aliphatic carbocycles. The molecule has 0 bridgehead atoms. The molecule has 9 heteroatoms.